The van der Waals surface area contributed by atoms with E-state index in [0.29, 0.717) is 25.9 Å². The number of amides is 2. The number of para-hydroxylation sites is 1. The van der Waals surface area contributed by atoms with Crippen LogP contribution < -0.4 is 10.6 Å². The van der Waals surface area contributed by atoms with Gasteiger partial charge in [-0.15, -0.1) is 0 Å². The summed E-state index contributed by atoms with van der Waals surface area (Å²) in [6.45, 7) is 1.13. The SMILES string of the molecule is CNC(=O)C1CCN(CC(=O)Nc2ccccc2C(F)(F)F)CC1. The Balaban J connectivity index is 1.90. The number of benzene rings is 1. The Bertz CT molecular complexity index is 596. The summed E-state index contributed by atoms with van der Waals surface area (Å²) in [6, 6.07) is 4.89. The highest BCUT2D eigenvalue weighted by atomic mass is 19.4. The van der Waals surface area contributed by atoms with Crippen LogP contribution in [0.4, 0.5) is 18.9 Å². The number of nitrogens with one attached hydrogen (secondary N) is 2. The second-order valence-corrected chi connectivity index (χ2v) is 5.76. The van der Waals surface area contributed by atoms with Crippen molar-refractivity contribution in [2.75, 3.05) is 32.0 Å². The van der Waals surface area contributed by atoms with E-state index in [0.717, 1.165) is 6.07 Å². The molecule has 1 aliphatic heterocycles. The van der Waals surface area contributed by atoms with Crippen LogP contribution in [0.1, 0.15) is 18.4 Å². The van der Waals surface area contributed by atoms with Crippen molar-refractivity contribution in [1.82, 2.24) is 10.2 Å². The monoisotopic (exact) mass is 343 g/mol. The molecule has 132 valence electrons. The summed E-state index contributed by atoms with van der Waals surface area (Å²) in [7, 11) is 1.58. The Morgan fingerprint density at radius 2 is 1.83 bits per heavy atom. The number of likely N-dealkylation sites (tertiary alicyclic amines) is 1. The van der Waals surface area contributed by atoms with Gasteiger partial charge in [-0.2, -0.15) is 13.2 Å². The Labute approximate surface area is 138 Å². The smallest absolute Gasteiger partial charge is 0.359 e. The van der Waals surface area contributed by atoms with Crippen LogP contribution in [-0.2, 0) is 15.8 Å². The zero-order chi connectivity index (χ0) is 17.7. The van der Waals surface area contributed by atoms with E-state index in [1.165, 1.54) is 18.2 Å². The van der Waals surface area contributed by atoms with Crippen molar-refractivity contribution < 1.29 is 22.8 Å². The number of hydrogen-bond acceptors (Lipinski definition) is 3. The molecule has 0 aliphatic carbocycles. The van der Waals surface area contributed by atoms with Crippen LogP contribution in [0.5, 0.6) is 0 Å². The number of carbonyl (C=O) groups is 2. The second kappa shape index (κ2) is 7.65. The molecule has 0 saturated carbocycles. The first-order chi connectivity index (χ1) is 11.3. The van der Waals surface area contributed by atoms with Gasteiger partial charge in [-0.25, -0.2) is 0 Å². The van der Waals surface area contributed by atoms with Crippen molar-refractivity contribution in [2.45, 2.75) is 19.0 Å². The number of carbonyl (C=O) groups excluding carboxylic acids is 2. The molecule has 2 N–H and O–H groups in total. The van der Waals surface area contributed by atoms with Crippen LogP contribution in [0.2, 0.25) is 0 Å². The molecule has 1 heterocycles. The van der Waals surface area contributed by atoms with Crippen LogP contribution in [0.15, 0.2) is 24.3 Å². The van der Waals surface area contributed by atoms with Gasteiger partial charge in [0.25, 0.3) is 0 Å². The van der Waals surface area contributed by atoms with Crippen LogP contribution in [0, 0.1) is 5.92 Å². The standard InChI is InChI=1S/C16H20F3N3O2/c1-20-15(24)11-6-8-22(9-7-11)10-14(23)21-13-5-3-2-4-12(13)16(17,18)19/h2-5,11H,6-10H2,1H3,(H,20,24)(H,21,23). The average molecular weight is 343 g/mol. The summed E-state index contributed by atoms with van der Waals surface area (Å²) in [5.41, 5.74) is -1.10. The molecule has 1 saturated heterocycles. The first kappa shape index (κ1) is 18.3. The van der Waals surface area contributed by atoms with Gasteiger partial charge in [0, 0.05) is 13.0 Å². The summed E-state index contributed by atoms with van der Waals surface area (Å²) in [5, 5.41) is 4.93. The van der Waals surface area contributed by atoms with Crippen LogP contribution in [-0.4, -0.2) is 43.4 Å². The second-order valence-electron chi connectivity index (χ2n) is 5.76. The molecule has 1 aromatic rings. The fraction of sp³-hybridized carbons (Fsp3) is 0.500. The van der Waals surface area contributed by atoms with Gasteiger partial charge < -0.3 is 10.6 Å². The first-order valence-electron chi connectivity index (χ1n) is 7.71. The summed E-state index contributed by atoms with van der Waals surface area (Å²) in [4.78, 5) is 25.4. The van der Waals surface area contributed by atoms with Crippen molar-refractivity contribution >= 4 is 17.5 Å². The van der Waals surface area contributed by atoms with Crippen LogP contribution >= 0.6 is 0 Å². The highest BCUT2D eigenvalue weighted by Gasteiger charge is 2.33. The number of nitrogens with zero attached hydrogens (tertiary/aromatic N) is 1. The molecule has 24 heavy (non-hydrogen) atoms. The summed E-state index contributed by atoms with van der Waals surface area (Å²) >= 11 is 0. The minimum atomic E-state index is -4.52. The molecule has 0 spiro atoms. The molecule has 8 heteroatoms. The summed E-state index contributed by atoms with van der Waals surface area (Å²) in [5.74, 6) is -0.580. The predicted octanol–water partition coefficient (Wildman–Crippen LogP) is 2.10. The molecule has 1 aliphatic rings. The maximum atomic E-state index is 12.9. The fourth-order valence-electron chi connectivity index (χ4n) is 2.79. The van der Waals surface area contributed by atoms with E-state index >= 15 is 0 Å². The van der Waals surface area contributed by atoms with E-state index < -0.39 is 17.6 Å². The largest absolute Gasteiger partial charge is 0.418 e. The van der Waals surface area contributed by atoms with Gasteiger partial charge in [-0.3, -0.25) is 14.5 Å². The van der Waals surface area contributed by atoms with Gasteiger partial charge in [0.15, 0.2) is 0 Å². The molecule has 5 nitrogen and oxygen atoms in total. The van der Waals surface area contributed by atoms with Crippen molar-refractivity contribution in [1.29, 1.82) is 0 Å². The average Bonchev–Trinajstić information content (AvgIpc) is 2.54. The molecule has 0 bridgehead atoms. The lowest BCUT2D eigenvalue weighted by atomic mass is 9.96. The van der Waals surface area contributed by atoms with E-state index in [9.17, 15) is 22.8 Å². The lowest BCUT2D eigenvalue weighted by Gasteiger charge is -2.30. The number of hydrogen-bond donors (Lipinski definition) is 2. The Hall–Kier alpha value is -2.09. The third-order valence-corrected chi connectivity index (χ3v) is 4.08. The van der Waals surface area contributed by atoms with Gasteiger partial charge >= 0.3 is 6.18 Å². The molecule has 2 amide bonds. The lowest BCUT2D eigenvalue weighted by Crippen LogP contribution is -2.42. The predicted molar refractivity (Wildman–Crippen MR) is 83.3 cm³/mol. The van der Waals surface area contributed by atoms with Crippen LogP contribution in [0.25, 0.3) is 0 Å². The first-order valence-corrected chi connectivity index (χ1v) is 7.71. The van der Waals surface area contributed by atoms with Gasteiger partial charge in [-0.05, 0) is 38.1 Å². The maximum absolute atomic E-state index is 12.9. The third kappa shape index (κ3) is 4.70. The molecule has 0 radical (unpaired) electrons. The van der Waals surface area contributed by atoms with Crippen molar-refractivity contribution in [3.63, 3.8) is 0 Å². The number of alkyl halides is 3. The van der Waals surface area contributed by atoms with Gasteiger partial charge in [0.05, 0.1) is 17.8 Å². The van der Waals surface area contributed by atoms with Crippen molar-refractivity contribution in [3.8, 4) is 0 Å². The quantitative estimate of drug-likeness (QED) is 0.880. The molecule has 1 fully saturated rings. The zero-order valence-corrected chi connectivity index (χ0v) is 13.3. The fourth-order valence-corrected chi connectivity index (χ4v) is 2.79. The highest BCUT2D eigenvalue weighted by Crippen LogP contribution is 2.34. The summed E-state index contributed by atoms with van der Waals surface area (Å²) in [6.07, 6.45) is -3.26. The van der Waals surface area contributed by atoms with Gasteiger partial charge in [0.1, 0.15) is 0 Å². The molecule has 0 aromatic heterocycles. The number of anilines is 1. The third-order valence-electron chi connectivity index (χ3n) is 4.08. The Morgan fingerprint density at radius 3 is 2.42 bits per heavy atom. The zero-order valence-electron chi connectivity index (χ0n) is 13.3. The van der Waals surface area contributed by atoms with E-state index in [1.807, 2.05) is 4.90 Å². The van der Waals surface area contributed by atoms with Crippen LogP contribution in [0.3, 0.4) is 0 Å². The molecule has 0 unspecified atom stereocenters. The highest BCUT2D eigenvalue weighted by molar-refractivity contribution is 5.93. The number of halogens is 3. The molecule has 0 atom stereocenters. The van der Waals surface area contributed by atoms with Crippen molar-refractivity contribution in [3.05, 3.63) is 29.8 Å². The minimum absolute atomic E-state index is 0.00660. The normalized spacial score (nSPS) is 16.7. The Morgan fingerprint density at radius 1 is 1.21 bits per heavy atom. The molecular weight excluding hydrogens is 323 g/mol. The topological polar surface area (TPSA) is 61.4 Å². The van der Waals surface area contributed by atoms with Crippen molar-refractivity contribution in [2.24, 2.45) is 5.92 Å². The molecule has 1 aromatic carbocycles. The van der Waals surface area contributed by atoms with E-state index in [1.54, 1.807) is 7.05 Å². The number of piperidine rings is 1. The molecular formula is C16H20F3N3O2. The maximum Gasteiger partial charge on any atom is 0.418 e. The van der Waals surface area contributed by atoms with E-state index in [4.69, 9.17) is 0 Å². The minimum Gasteiger partial charge on any atom is -0.359 e. The lowest BCUT2D eigenvalue weighted by molar-refractivity contribution is -0.137. The van der Waals surface area contributed by atoms with E-state index in [-0.39, 0.29) is 24.1 Å². The van der Waals surface area contributed by atoms with Gasteiger partial charge in [-0.1, -0.05) is 12.1 Å². The Kier molecular flexibility index (Phi) is 5.82. The summed E-state index contributed by atoms with van der Waals surface area (Å²) < 4.78 is 38.7. The van der Waals surface area contributed by atoms with Gasteiger partial charge in [0.2, 0.25) is 11.8 Å². The number of rotatable bonds is 4. The van der Waals surface area contributed by atoms with E-state index in [2.05, 4.69) is 10.6 Å². The molecule has 2 rings (SSSR count).